The largest absolute Gasteiger partial charge is 0.396 e. The maximum Gasteiger partial charge on any atom is 0.220 e. The van der Waals surface area contributed by atoms with Gasteiger partial charge in [0.25, 0.3) is 0 Å². The van der Waals surface area contributed by atoms with Gasteiger partial charge in [0.1, 0.15) is 0 Å². The van der Waals surface area contributed by atoms with Crippen LogP contribution in [0.15, 0.2) is 30.3 Å². The van der Waals surface area contributed by atoms with Crippen LogP contribution in [-0.4, -0.2) is 37.4 Å². The van der Waals surface area contributed by atoms with Crippen molar-refractivity contribution in [3.05, 3.63) is 35.9 Å². The van der Waals surface area contributed by atoms with Gasteiger partial charge in [0.05, 0.1) is 12.6 Å². The number of benzene rings is 1. The Morgan fingerprint density at radius 2 is 2.11 bits per heavy atom. The van der Waals surface area contributed by atoms with Crippen molar-refractivity contribution in [1.82, 2.24) is 5.32 Å². The number of methoxy groups -OCH3 is 1. The van der Waals surface area contributed by atoms with Crippen LogP contribution < -0.4 is 5.32 Å². The summed E-state index contributed by atoms with van der Waals surface area (Å²) in [5.41, 5.74) is 1.15. The SMILES string of the molecule is COCC(CCO)NC(=O)CCc1ccccc1. The van der Waals surface area contributed by atoms with Gasteiger partial charge in [0.15, 0.2) is 0 Å². The number of hydrogen-bond acceptors (Lipinski definition) is 3. The molecular weight excluding hydrogens is 230 g/mol. The van der Waals surface area contributed by atoms with Crippen molar-refractivity contribution in [3.63, 3.8) is 0 Å². The van der Waals surface area contributed by atoms with E-state index in [1.165, 1.54) is 0 Å². The Morgan fingerprint density at radius 3 is 2.72 bits per heavy atom. The molecule has 0 heterocycles. The first-order chi connectivity index (χ1) is 8.76. The summed E-state index contributed by atoms with van der Waals surface area (Å²) in [7, 11) is 1.58. The third-order valence-electron chi connectivity index (χ3n) is 2.69. The number of nitrogens with one attached hydrogen (secondary N) is 1. The van der Waals surface area contributed by atoms with E-state index in [9.17, 15) is 4.79 Å². The second-order valence-electron chi connectivity index (χ2n) is 4.22. The number of carbonyl (C=O) groups excluding carboxylic acids is 1. The highest BCUT2D eigenvalue weighted by Crippen LogP contribution is 2.03. The summed E-state index contributed by atoms with van der Waals surface area (Å²) >= 11 is 0. The molecule has 0 aliphatic carbocycles. The summed E-state index contributed by atoms with van der Waals surface area (Å²) < 4.78 is 4.99. The minimum Gasteiger partial charge on any atom is -0.396 e. The molecule has 0 saturated carbocycles. The molecule has 0 saturated heterocycles. The minimum absolute atomic E-state index is 0.00523. The Hall–Kier alpha value is -1.39. The van der Waals surface area contributed by atoms with E-state index in [-0.39, 0.29) is 18.6 Å². The third kappa shape index (κ3) is 5.80. The van der Waals surface area contributed by atoms with E-state index in [4.69, 9.17) is 9.84 Å². The summed E-state index contributed by atoms with van der Waals surface area (Å²) in [5, 5.41) is 11.7. The van der Waals surface area contributed by atoms with Crippen molar-refractivity contribution >= 4 is 5.91 Å². The quantitative estimate of drug-likeness (QED) is 0.728. The first-order valence-electron chi connectivity index (χ1n) is 6.19. The van der Waals surface area contributed by atoms with Gasteiger partial charge in [-0.1, -0.05) is 30.3 Å². The van der Waals surface area contributed by atoms with Gasteiger partial charge in [-0.05, 0) is 18.4 Å². The van der Waals surface area contributed by atoms with Gasteiger partial charge >= 0.3 is 0 Å². The summed E-state index contributed by atoms with van der Waals surface area (Å²) in [4.78, 5) is 11.7. The highest BCUT2D eigenvalue weighted by Gasteiger charge is 2.11. The highest BCUT2D eigenvalue weighted by molar-refractivity contribution is 5.76. The van der Waals surface area contributed by atoms with Gasteiger partial charge in [-0.15, -0.1) is 0 Å². The lowest BCUT2D eigenvalue weighted by atomic mass is 10.1. The number of aryl methyl sites for hydroxylation is 1. The predicted molar refractivity (Wildman–Crippen MR) is 70.3 cm³/mol. The lowest BCUT2D eigenvalue weighted by Gasteiger charge is -2.16. The zero-order chi connectivity index (χ0) is 13.2. The second kappa shape index (κ2) is 8.66. The zero-order valence-corrected chi connectivity index (χ0v) is 10.8. The molecule has 1 unspecified atom stereocenters. The Labute approximate surface area is 108 Å². The number of amides is 1. The maximum atomic E-state index is 11.7. The molecule has 100 valence electrons. The fourth-order valence-corrected chi connectivity index (χ4v) is 1.76. The van der Waals surface area contributed by atoms with Crippen LogP contribution in [-0.2, 0) is 16.0 Å². The van der Waals surface area contributed by atoms with Crippen molar-refractivity contribution in [3.8, 4) is 0 Å². The number of carbonyl (C=O) groups is 1. The van der Waals surface area contributed by atoms with Crippen molar-refractivity contribution in [1.29, 1.82) is 0 Å². The standard InChI is InChI=1S/C14H21NO3/c1-18-11-13(9-10-16)15-14(17)8-7-12-5-3-2-4-6-12/h2-6,13,16H,7-11H2,1H3,(H,15,17). The summed E-state index contributed by atoms with van der Waals surface area (Å²) in [6, 6.07) is 9.79. The molecule has 2 N–H and O–H groups in total. The predicted octanol–water partition coefficient (Wildman–Crippen LogP) is 1.13. The Kier molecular flexibility index (Phi) is 7.06. The molecular formula is C14H21NO3. The lowest BCUT2D eigenvalue weighted by molar-refractivity contribution is -0.122. The van der Waals surface area contributed by atoms with Crippen LogP contribution in [0.1, 0.15) is 18.4 Å². The Bertz CT molecular complexity index is 334. The van der Waals surface area contributed by atoms with Crippen LogP contribution in [0, 0.1) is 0 Å². The van der Waals surface area contributed by atoms with Crippen LogP contribution >= 0.6 is 0 Å². The van der Waals surface area contributed by atoms with Crippen LogP contribution in [0.25, 0.3) is 0 Å². The number of aliphatic hydroxyl groups is 1. The average Bonchev–Trinajstić information content (AvgIpc) is 2.38. The van der Waals surface area contributed by atoms with Gasteiger partial charge in [-0.2, -0.15) is 0 Å². The van der Waals surface area contributed by atoms with E-state index in [1.807, 2.05) is 30.3 Å². The van der Waals surface area contributed by atoms with Crippen molar-refractivity contribution in [2.45, 2.75) is 25.3 Å². The molecule has 1 amide bonds. The fourth-order valence-electron chi connectivity index (χ4n) is 1.76. The number of rotatable bonds is 8. The van der Waals surface area contributed by atoms with Gasteiger partial charge in [0.2, 0.25) is 5.91 Å². The lowest BCUT2D eigenvalue weighted by Crippen LogP contribution is -2.38. The smallest absolute Gasteiger partial charge is 0.220 e. The number of hydrogen-bond donors (Lipinski definition) is 2. The second-order valence-corrected chi connectivity index (χ2v) is 4.22. The Balaban J connectivity index is 2.31. The van der Waals surface area contributed by atoms with E-state index in [1.54, 1.807) is 7.11 Å². The van der Waals surface area contributed by atoms with Gasteiger partial charge in [-0.3, -0.25) is 4.79 Å². The molecule has 0 radical (unpaired) electrons. The van der Waals surface area contributed by atoms with Gasteiger partial charge in [0, 0.05) is 20.1 Å². The molecule has 0 spiro atoms. The number of aliphatic hydroxyl groups excluding tert-OH is 1. The molecule has 0 fully saturated rings. The molecule has 0 bridgehead atoms. The van der Waals surface area contributed by atoms with E-state index >= 15 is 0 Å². The summed E-state index contributed by atoms with van der Waals surface area (Å²) in [6.07, 6.45) is 1.70. The third-order valence-corrected chi connectivity index (χ3v) is 2.69. The molecule has 0 aromatic heterocycles. The summed E-state index contributed by atoms with van der Waals surface area (Å²) in [6.45, 7) is 0.477. The van der Waals surface area contributed by atoms with Crippen LogP contribution in [0.2, 0.25) is 0 Å². The monoisotopic (exact) mass is 251 g/mol. The van der Waals surface area contributed by atoms with Crippen molar-refractivity contribution in [2.24, 2.45) is 0 Å². The molecule has 0 aliphatic rings. The van der Waals surface area contributed by atoms with Crippen LogP contribution in [0.5, 0.6) is 0 Å². The molecule has 18 heavy (non-hydrogen) atoms. The van der Waals surface area contributed by atoms with E-state index in [0.29, 0.717) is 19.4 Å². The normalized spacial score (nSPS) is 12.1. The molecule has 1 aromatic carbocycles. The van der Waals surface area contributed by atoms with Crippen LogP contribution in [0.4, 0.5) is 0 Å². The van der Waals surface area contributed by atoms with Gasteiger partial charge in [-0.25, -0.2) is 0 Å². The average molecular weight is 251 g/mol. The molecule has 1 aromatic rings. The van der Waals surface area contributed by atoms with Gasteiger partial charge < -0.3 is 15.2 Å². The fraction of sp³-hybridized carbons (Fsp3) is 0.500. The highest BCUT2D eigenvalue weighted by atomic mass is 16.5. The Morgan fingerprint density at radius 1 is 1.39 bits per heavy atom. The minimum atomic E-state index is -0.108. The first-order valence-corrected chi connectivity index (χ1v) is 6.19. The molecule has 1 atom stereocenters. The maximum absolute atomic E-state index is 11.7. The zero-order valence-electron chi connectivity index (χ0n) is 10.8. The van der Waals surface area contributed by atoms with Crippen molar-refractivity contribution in [2.75, 3.05) is 20.3 Å². The topological polar surface area (TPSA) is 58.6 Å². The molecule has 4 nitrogen and oxygen atoms in total. The number of ether oxygens (including phenoxy) is 1. The van der Waals surface area contributed by atoms with E-state index in [2.05, 4.69) is 5.32 Å². The summed E-state index contributed by atoms with van der Waals surface area (Å²) in [5.74, 6) is -0.00523. The van der Waals surface area contributed by atoms with Crippen molar-refractivity contribution < 1.29 is 14.6 Å². The molecule has 0 aliphatic heterocycles. The molecule has 4 heteroatoms. The first kappa shape index (κ1) is 14.7. The van der Waals surface area contributed by atoms with Crippen LogP contribution in [0.3, 0.4) is 0 Å². The van der Waals surface area contributed by atoms with E-state index in [0.717, 1.165) is 12.0 Å². The van der Waals surface area contributed by atoms with E-state index < -0.39 is 0 Å². The molecule has 1 rings (SSSR count).